The van der Waals surface area contributed by atoms with Crippen LogP contribution in [-0.4, -0.2) is 40.0 Å². The molecule has 1 aliphatic carbocycles. The van der Waals surface area contributed by atoms with Crippen molar-refractivity contribution in [3.63, 3.8) is 0 Å². The van der Waals surface area contributed by atoms with Crippen LogP contribution in [0.2, 0.25) is 0 Å². The average Bonchev–Trinajstić information content (AvgIpc) is 3.16. The fourth-order valence-corrected chi connectivity index (χ4v) is 1.77. The van der Waals surface area contributed by atoms with Crippen LogP contribution in [0.4, 0.5) is 8.78 Å². The average molecular weight is 302 g/mol. The van der Waals surface area contributed by atoms with Gasteiger partial charge in [-0.2, -0.15) is 0 Å². The predicted octanol–water partition coefficient (Wildman–Crippen LogP) is 0.919. The van der Waals surface area contributed by atoms with Gasteiger partial charge in [0.2, 0.25) is 5.91 Å². The molecule has 2 rings (SSSR count). The van der Waals surface area contributed by atoms with Crippen molar-refractivity contribution in [1.82, 2.24) is 20.3 Å². The lowest BCUT2D eigenvalue weighted by Crippen LogP contribution is -2.30. The maximum absolute atomic E-state index is 13.1. The van der Waals surface area contributed by atoms with E-state index in [4.69, 9.17) is 0 Å². The summed E-state index contributed by atoms with van der Waals surface area (Å²) in [6.45, 7) is 1.72. The van der Waals surface area contributed by atoms with Gasteiger partial charge in [-0.05, 0) is 25.7 Å². The first kappa shape index (κ1) is 15.3. The highest BCUT2D eigenvalue weighted by Gasteiger charge is 2.28. The zero-order valence-electron chi connectivity index (χ0n) is 11.5. The largest absolute Gasteiger partial charge is 0.461 e. The van der Waals surface area contributed by atoms with E-state index in [1.807, 2.05) is 0 Å². The molecule has 0 spiro atoms. The first-order chi connectivity index (χ1) is 10.0. The number of hydrogen-bond acceptors (Lipinski definition) is 5. The molecule has 1 aliphatic rings. The first-order valence-electron chi connectivity index (χ1n) is 6.68. The number of rotatable bonds is 7. The highest BCUT2D eigenvalue weighted by molar-refractivity contribution is 5.88. The third-order valence-corrected chi connectivity index (χ3v) is 3.03. The van der Waals surface area contributed by atoms with Crippen molar-refractivity contribution >= 4 is 11.9 Å². The fraction of sp³-hybridized carbons (Fsp3) is 0.667. The third kappa shape index (κ3) is 3.96. The first-order valence-corrected chi connectivity index (χ1v) is 6.68. The van der Waals surface area contributed by atoms with Crippen LogP contribution in [0.3, 0.4) is 0 Å². The van der Waals surface area contributed by atoms with Crippen LogP contribution in [0.1, 0.15) is 42.4 Å². The number of hydrogen-bond donors (Lipinski definition) is 1. The Bertz CT molecular complexity index is 529. The second kappa shape index (κ2) is 6.59. The van der Waals surface area contributed by atoms with Crippen molar-refractivity contribution < 1.29 is 23.1 Å². The topological polar surface area (TPSA) is 86.1 Å². The van der Waals surface area contributed by atoms with Crippen molar-refractivity contribution in [1.29, 1.82) is 0 Å². The number of nitrogens with one attached hydrogen (secondary N) is 1. The number of alkyl halides is 2. The molecule has 0 saturated heterocycles. The van der Waals surface area contributed by atoms with E-state index in [1.165, 1.54) is 0 Å². The monoisotopic (exact) mass is 302 g/mol. The standard InChI is InChI=1S/C12H16F2N4O3/c1-2-21-12(20)9-10(11(13)14)18(17-16-9)6-8(19)15-5-7-3-4-7/h7,11H,2-6H2,1H3,(H,15,19). The molecule has 1 N–H and O–H groups in total. The van der Waals surface area contributed by atoms with Gasteiger partial charge >= 0.3 is 5.97 Å². The van der Waals surface area contributed by atoms with Gasteiger partial charge in [0.25, 0.3) is 6.43 Å². The van der Waals surface area contributed by atoms with E-state index >= 15 is 0 Å². The second-order valence-corrected chi connectivity index (χ2v) is 4.75. The molecule has 21 heavy (non-hydrogen) atoms. The molecule has 1 heterocycles. The molecule has 116 valence electrons. The van der Waals surface area contributed by atoms with Crippen LogP contribution in [0.5, 0.6) is 0 Å². The van der Waals surface area contributed by atoms with Crippen molar-refractivity contribution in [2.45, 2.75) is 32.7 Å². The van der Waals surface area contributed by atoms with Crippen LogP contribution in [0, 0.1) is 5.92 Å². The summed E-state index contributed by atoms with van der Waals surface area (Å²) in [7, 11) is 0. The number of nitrogens with zero attached hydrogens (tertiary/aromatic N) is 3. The van der Waals surface area contributed by atoms with E-state index in [0.717, 1.165) is 17.5 Å². The van der Waals surface area contributed by atoms with E-state index in [2.05, 4.69) is 20.4 Å². The van der Waals surface area contributed by atoms with Crippen molar-refractivity contribution in [3.8, 4) is 0 Å². The van der Waals surface area contributed by atoms with E-state index in [1.54, 1.807) is 6.92 Å². The van der Waals surface area contributed by atoms with Crippen molar-refractivity contribution in [2.24, 2.45) is 5.92 Å². The molecule has 1 aromatic rings. The van der Waals surface area contributed by atoms with Crippen LogP contribution >= 0.6 is 0 Å². The van der Waals surface area contributed by atoms with Crippen LogP contribution < -0.4 is 5.32 Å². The quantitative estimate of drug-likeness (QED) is 0.757. The number of aromatic nitrogens is 3. The molecular weight excluding hydrogens is 286 g/mol. The number of carbonyl (C=O) groups excluding carboxylic acids is 2. The summed E-state index contributed by atoms with van der Waals surface area (Å²) < 4.78 is 31.5. The predicted molar refractivity (Wildman–Crippen MR) is 66.7 cm³/mol. The summed E-state index contributed by atoms with van der Waals surface area (Å²) in [4.78, 5) is 23.2. The van der Waals surface area contributed by atoms with Crippen LogP contribution in [-0.2, 0) is 16.1 Å². The lowest BCUT2D eigenvalue weighted by Gasteiger charge is -2.07. The molecule has 1 saturated carbocycles. The van der Waals surface area contributed by atoms with Crippen molar-refractivity contribution in [2.75, 3.05) is 13.2 Å². The molecule has 1 aromatic heterocycles. The lowest BCUT2D eigenvalue weighted by atomic mass is 10.3. The normalized spacial score (nSPS) is 14.3. The Labute approximate surface area is 119 Å². The summed E-state index contributed by atoms with van der Waals surface area (Å²) in [6, 6.07) is 0. The lowest BCUT2D eigenvalue weighted by molar-refractivity contribution is -0.122. The molecule has 0 atom stereocenters. The molecule has 0 unspecified atom stereocenters. The molecule has 9 heteroatoms. The summed E-state index contributed by atoms with van der Waals surface area (Å²) in [5.41, 5.74) is -1.25. The zero-order valence-corrected chi connectivity index (χ0v) is 11.5. The van der Waals surface area contributed by atoms with Gasteiger partial charge in [-0.15, -0.1) is 5.10 Å². The van der Waals surface area contributed by atoms with Crippen molar-refractivity contribution in [3.05, 3.63) is 11.4 Å². The fourth-order valence-electron chi connectivity index (χ4n) is 1.77. The van der Waals surface area contributed by atoms with E-state index in [-0.39, 0.29) is 6.61 Å². The summed E-state index contributed by atoms with van der Waals surface area (Å²) in [6.07, 6.45) is -0.840. The van der Waals surface area contributed by atoms with Gasteiger partial charge in [0, 0.05) is 6.54 Å². The molecule has 0 aromatic carbocycles. The smallest absolute Gasteiger partial charge is 0.361 e. The van der Waals surface area contributed by atoms with Gasteiger partial charge in [0.05, 0.1) is 6.61 Å². The highest BCUT2D eigenvalue weighted by atomic mass is 19.3. The minimum absolute atomic E-state index is 0.0379. The molecule has 7 nitrogen and oxygen atoms in total. The molecule has 0 radical (unpaired) electrons. The Morgan fingerprint density at radius 2 is 2.19 bits per heavy atom. The van der Waals surface area contributed by atoms with Crippen LogP contribution in [0.25, 0.3) is 0 Å². The maximum atomic E-state index is 13.1. The number of amides is 1. The second-order valence-electron chi connectivity index (χ2n) is 4.75. The Hall–Kier alpha value is -2.06. The molecule has 1 amide bonds. The minimum Gasteiger partial charge on any atom is -0.461 e. The van der Waals surface area contributed by atoms with Gasteiger partial charge in [-0.25, -0.2) is 18.3 Å². The Balaban J connectivity index is 2.07. The van der Waals surface area contributed by atoms with Gasteiger partial charge in [-0.3, -0.25) is 4.79 Å². The third-order valence-electron chi connectivity index (χ3n) is 3.03. The molecule has 0 bridgehead atoms. The van der Waals surface area contributed by atoms with Gasteiger partial charge in [-0.1, -0.05) is 5.21 Å². The van der Waals surface area contributed by atoms with Crippen LogP contribution in [0.15, 0.2) is 0 Å². The Kier molecular flexibility index (Phi) is 4.81. The summed E-state index contributed by atoms with van der Waals surface area (Å²) in [5.74, 6) is -0.934. The van der Waals surface area contributed by atoms with Gasteiger partial charge in [0.1, 0.15) is 12.2 Å². The number of halogens is 2. The number of esters is 1. The van der Waals surface area contributed by atoms with E-state index in [0.29, 0.717) is 12.5 Å². The minimum atomic E-state index is -2.98. The number of carbonyl (C=O) groups is 2. The Morgan fingerprint density at radius 1 is 1.48 bits per heavy atom. The van der Waals surface area contributed by atoms with E-state index < -0.39 is 36.2 Å². The maximum Gasteiger partial charge on any atom is 0.361 e. The SMILES string of the molecule is CCOC(=O)c1nnn(CC(=O)NCC2CC2)c1C(F)F. The molecule has 1 fully saturated rings. The summed E-state index contributed by atoms with van der Waals surface area (Å²) in [5, 5.41) is 9.48. The number of ether oxygens (including phenoxy) is 1. The summed E-state index contributed by atoms with van der Waals surface area (Å²) >= 11 is 0. The molecular formula is C12H16F2N4O3. The molecule has 0 aliphatic heterocycles. The Morgan fingerprint density at radius 3 is 2.76 bits per heavy atom. The zero-order chi connectivity index (χ0) is 15.4. The van der Waals surface area contributed by atoms with E-state index in [9.17, 15) is 18.4 Å². The van der Waals surface area contributed by atoms with Gasteiger partial charge in [0.15, 0.2) is 5.69 Å². The highest BCUT2D eigenvalue weighted by Crippen LogP contribution is 2.27. The van der Waals surface area contributed by atoms with Gasteiger partial charge < -0.3 is 10.1 Å².